The third-order valence-corrected chi connectivity index (χ3v) is 6.34. The fourth-order valence-corrected chi connectivity index (χ4v) is 4.15. The first-order chi connectivity index (χ1) is 17.2. The summed E-state index contributed by atoms with van der Waals surface area (Å²) < 4.78 is 10.8. The van der Waals surface area contributed by atoms with E-state index in [1.807, 2.05) is 12.1 Å². The molecule has 192 valence electrons. The second-order valence-electron chi connectivity index (χ2n) is 8.81. The Morgan fingerprint density at radius 1 is 0.556 bits per heavy atom. The maximum Gasteiger partial charge on any atom is 0.147 e. The van der Waals surface area contributed by atoms with E-state index in [2.05, 4.69) is 23.7 Å². The van der Waals surface area contributed by atoms with Crippen LogP contribution in [-0.4, -0.2) is 115 Å². The Bertz CT molecular complexity index is 1100. The maximum absolute atomic E-state index is 10.1. The molecule has 10 nitrogen and oxygen atoms in total. The number of rotatable bonds is 2. The van der Waals surface area contributed by atoms with Crippen LogP contribution in [0.25, 0.3) is 10.8 Å². The third kappa shape index (κ3) is 5.39. The summed E-state index contributed by atoms with van der Waals surface area (Å²) in [6.07, 6.45) is -13.0. The molecule has 2 aromatic rings. The van der Waals surface area contributed by atoms with Gasteiger partial charge in [0.25, 0.3) is 0 Å². The molecular formula is C26H28O10. The van der Waals surface area contributed by atoms with Gasteiger partial charge in [0.15, 0.2) is 0 Å². The zero-order chi connectivity index (χ0) is 26.0. The molecule has 36 heavy (non-hydrogen) atoms. The van der Waals surface area contributed by atoms with Gasteiger partial charge in [0.2, 0.25) is 0 Å². The van der Waals surface area contributed by atoms with Crippen LogP contribution in [0.3, 0.4) is 0 Å². The number of benzene rings is 2. The van der Waals surface area contributed by atoms with E-state index < -0.39 is 74.3 Å². The van der Waals surface area contributed by atoms with E-state index in [1.54, 1.807) is 24.3 Å². The summed E-state index contributed by atoms with van der Waals surface area (Å²) in [6, 6.07) is 10.7. The summed E-state index contributed by atoms with van der Waals surface area (Å²) in [6.45, 7) is -1.05. The van der Waals surface area contributed by atoms with Crippen LogP contribution in [0.1, 0.15) is 11.1 Å². The lowest BCUT2D eigenvalue weighted by molar-refractivity contribution is -0.214. The van der Waals surface area contributed by atoms with E-state index in [9.17, 15) is 40.9 Å². The minimum absolute atomic E-state index is 0.527. The summed E-state index contributed by atoms with van der Waals surface area (Å²) >= 11 is 0. The van der Waals surface area contributed by atoms with Crippen LogP contribution in [-0.2, 0) is 9.47 Å². The number of hydrogen-bond acceptors (Lipinski definition) is 10. The van der Waals surface area contributed by atoms with Gasteiger partial charge in [-0.1, -0.05) is 35.8 Å². The SMILES string of the molecule is OC[C@H]1O[C@H](C#Cc2ccc3cc(C#CC4O[C@H](CO)[C@@H](O)[C@H](O)[C@@H]4O)ccc3c2)[C@@H](O)[C@@H](O)[C@@H]1O. The van der Waals surface area contributed by atoms with Gasteiger partial charge in [-0.05, 0) is 35.0 Å². The molecular weight excluding hydrogens is 472 g/mol. The van der Waals surface area contributed by atoms with Gasteiger partial charge < -0.3 is 50.3 Å². The summed E-state index contributed by atoms with van der Waals surface area (Å²) in [5.74, 6) is 11.2. The molecule has 2 heterocycles. The molecule has 2 aliphatic rings. The van der Waals surface area contributed by atoms with Crippen LogP contribution < -0.4 is 0 Å². The molecule has 1 unspecified atom stereocenters. The topological polar surface area (TPSA) is 180 Å². The van der Waals surface area contributed by atoms with Crippen molar-refractivity contribution in [2.45, 2.75) is 61.0 Å². The monoisotopic (exact) mass is 500 g/mol. The molecule has 0 spiro atoms. The number of aliphatic hydroxyl groups excluding tert-OH is 8. The zero-order valence-electron chi connectivity index (χ0n) is 19.0. The minimum atomic E-state index is -1.49. The first-order valence-electron chi connectivity index (χ1n) is 11.4. The van der Waals surface area contributed by atoms with Gasteiger partial charge in [0.1, 0.15) is 61.0 Å². The number of hydrogen-bond donors (Lipinski definition) is 8. The first-order valence-corrected chi connectivity index (χ1v) is 11.4. The molecule has 10 atom stereocenters. The Balaban J connectivity index is 1.50. The lowest BCUT2D eigenvalue weighted by Gasteiger charge is -2.37. The van der Waals surface area contributed by atoms with Gasteiger partial charge >= 0.3 is 0 Å². The normalized spacial score (nSPS) is 36.4. The highest BCUT2D eigenvalue weighted by Crippen LogP contribution is 2.23. The van der Waals surface area contributed by atoms with Gasteiger partial charge in [-0.25, -0.2) is 0 Å². The van der Waals surface area contributed by atoms with E-state index >= 15 is 0 Å². The van der Waals surface area contributed by atoms with Crippen molar-refractivity contribution in [3.05, 3.63) is 47.5 Å². The van der Waals surface area contributed by atoms with Gasteiger partial charge in [-0.15, -0.1) is 0 Å². The molecule has 2 saturated heterocycles. The van der Waals surface area contributed by atoms with Crippen LogP contribution >= 0.6 is 0 Å². The molecule has 2 fully saturated rings. The lowest BCUT2D eigenvalue weighted by atomic mass is 9.95. The molecule has 0 saturated carbocycles. The molecule has 0 radical (unpaired) electrons. The molecule has 2 aliphatic heterocycles. The summed E-state index contributed by atoms with van der Waals surface area (Å²) in [4.78, 5) is 0. The summed E-state index contributed by atoms with van der Waals surface area (Å²) in [5.41, 5.74) is 1.22. The van der Waals surface area contributed by atoms with Gasteiger partial charge in [0, 0.05) is 11.1 Å². The molecule has 0 bridgehead atoms. The van der Waals surface area contributed by atoms with Crippen LogP contribution in [0.4, 0.5) is 0 Å². The molecule has 8 N–H and O–H groups in total. The van der Waals surface area contributed by atoms with Gasteiger partial charge in [-0.2, -0.15) is 0 Å². The summed E-state index contributed by atoms with van der Waals surface area (Å²) in [5, 5.41) is 80.1. The predicted octanol–water partition coefficient (Wildman–Crippen LogP) is -2.77. The van der Waals surface area contributed by atoms with Crippen molar-refractivity contribution in [2.24, 2.45) is 0 Å². The van der Waals surface area contributed by atoms with E-state index in [0.717, 1.165) is 10.8 Å². The van der Waals surface area contributed by atoms with Crippen molar-refractivity contribution in [1.82, 2.24) is 0 Å². The van der Waals surface area contributed by atoms with Crippen LogP contribution in [0, 0.1) is 23.7 Å². The van der Waals surface area contributed by atoms with Gasteiger partial charge in [0.05, 0.1) is 13.2 Å². The molecule has 0 aromatic heterocycles. The Kier molecular flexibility index (Phi) is 8.25. The average molecular weight is 501 g/mol. The predicted molar refractivity (Wildman–Crippen MR) is 125 cm³/mol. The fourth-order valence-electron chi connectivity index (χ4n) is 4.15. The lowest BCUT2D eigenvalue weighted by Crippen LogP contribution is -2.58. The van der Waals surface area contributed by atoms with Crippen molar-refractivity contribution in [2.75, 3.05) is 13.2 Å². The smallest absolute Gasteiger partial charge is 0.147 e. The third-order valence-electron chi connectivity index (χ3n) is 6.34. The maximum atomic E-state index is 10.1. The minimum Gasteiger partial charge on any atom is -0.394 e. The van der Waals surface area contributed by atoms with Crippen molar-refractivity contribution in [3.8, 4) is 23.7 Å². The zero-order valence-corrected chi connectivity index (χ0v) is 19.0. The Morgan fingerprint density at radius 3 is 1.31 bits per heavy atom. The quantitative estimate of drug-likeness (QED) is 0.201. The van der Waals surface area contributed by atoms with Crippen molar-refractivity contribution in [1.29, 1.82) is 0 Å². The largest absolute Gasteiger partial charge is 0.394 e. The van der Waals surface area contributed by atoms with E-state index in [0.29, 0.717) is 11.1 Å². The fraction of sp³-hybridized carbons (Fsp3) is 0.462. The first kappa shape index (κ1) is 26.5. The molecule has 4 rings (SSSR count). The summed E-state index contributed by atoms with van der Waals surface area (Å²) in [7, 11) is 0. The molecule has 0 aliphatic carbocycles. The molecule has 0 amide bonds. The second kappa shape index (κ2) is 11.2. The van der Waals surface area contributed by atoms with E-state index in [1.165, 1.54) is 0 Å². The van der Waals surface area contributed by atoms with Crippen LogP contribution in [0.15, 0.2) is 36.4 Å². The van der Waals surface area contributed by atoms with Crippen molar-refractivity contribution < 1.29 is 50.3 Å². The Morgan fingerprint density at radius 2 is 0.944 bits per heavy atom. The number of fused-ring (bicyclic) bond motifs is 1. The van der Waals surface area contributed by atoms with Crippen molar-refractivity contribution >= 4 is 10.8 Å². The van der Waals surface area contributed by atoms with E-state index in [4.69, 9.17) is 9.47 Å². The van der Waals surface area contributed by atoms with Crippen molar-refractivity contribution in [3.63, 3.8) is 0 Å². The number of aliphatic hydroxyl groups is 8. The highest BCUT2D eigenvalue weighted by Gasteiger charge is 2.43. The Labute approximate surface area is 207 Å². The average Bonchev–Trinajstić information content (AvgIpc) is 2.89. The van der Waals surface area contributed by atoms with Crippen LogP contribution in [0.2, 0.25) is 0 Å². The molecule has 10 heteroatoms. The van der Waals surface area contributed by atoms with E-state index in [-0.39, 0.29) is 0 Å². The highest BCUT2D eigenvalue weighted by atomic mass is 16.5. The number of ether oxygens (including phenoxy) is 2. The standard InChI is InChI=1S/C26H28O10/c27-11-19-23(31)25(33)21(29)17(35-19)7-3-13-1-5-15-10-14(2-6-16(15)9-13)4-8-18-22(30)26(34)24(32)20(12-28)36-18/h1-2,5-6,9-10,17-34H,11-12H2/t17-,18?,19-,20-,21-,22-,23-,24-,25-,26-/m1/s1. The second-order valence-corrected chi connectivity index (χ2v) is 8.81. The van der Waals surface area contributed by atoms with Gasteiger partial charge in [-0.3, -0.25) is 0 Å². The van der Waals surface area contributed by atoms with Crippen LogP contribution in [0.5, 0.6) is 0 Å². The highest BCUT2D eigenvalue weighted by molar-refractivity contribution is 5.85. The molecule has 2 aromatic carbocycles. The Hall–Kier alpha value is -2.58.